The number of allylic oxidation sites excluding steroid dienone is 9. The van der Waals surface area contributed by atoms with E-state index in [0.717, 1.165) is 70.6 Å². The molecule has 378 valence electrons. The summed E-state index contributed by atoms with van der Waals surface area (Å²) in [4.78, 5) is 26.2. The minimum absolute atomic E-state index is 0.00432. The molecule has 0 saturated heterocycles. The smallest absolute Gasteiger partial charge is 0.306 e. The number of ether oxygens (including phenoxy) is 1. The maximum atomic E-state index is 13.2. The van der Waals surface area contributed by atoms with E-state index in [-0.39, 0.29) is 24.9 Å². The first-order valence-electron chi connectivity index (χ1n) is 28.0. The van der Waals surface area contributed by atoms with E-state index >= 15 is 0 Å². The lowest BCUT2D eigenvalue weighted by atomic mass is 10.0. The Morgan fingerprint density at radius 1 is 0.462 bits per heavy atom. The van der Waals surface area contributed by atoms with Crippen LogP contribution in [0, 0.1) is 0 Å². The van der Waals surface area contributed by atoms with Crippen molar-refractivity contribution in [3.05, 3.63) is 60.8 Å². The van der Waals surface area contributed by atoms with Crippen molar-refractivity contribution >= 4 is 11.9 Å². The lowest BCUT2D eigenvalue weighted by Crippen LogP contribution is -2.46. The van der Waals surface area contributed by atoms with Crippen LogP contribution < -0.4 is 5.32 Å². The van der Waals surface area contributed by atoms with Gasteiger partial charge in [0.2, 0.25) is 5.91 Å². The molecule has 6 heteroatoms. The Morgan fingerprint density at radius 3 is 1.28 bits per heavy atom. The molecule has 6 nitrogen and oxygen atoms in total. The Balaban J connectivity index is 4.66. The van der Waals surface area contributed by atoms with Crippen LogP contribution in [0.25, 0.3) is 0 Å². The molecule has 0 spiro atoms. The van der Waals surface area contributed by atoms with Gasteiger partial charge >= 0.3 is 5.97 Å². The molecule has 0 rings (SSSR count). The van der Waals surface area contributed by atoms with Crippen LogP contribution in [0.1, 0.15) is 278 Å². The predicted octanol–water partition coefficient (Wildman–Crippen LogP) is 17.2. The van der Waals surface area contributed by atoms with Gasteiger partial charge in [-0.2, -0.15) is 0 Å². The van der Waals surface area contributed by atoms with E-state index in [1.54, 1.807) is 0 Å². The van der Waals surface area contributed by atoms with Crippen LogP contribution in [0.2, 0.25) is 0 Å². The Bertz CT molecular complexity index is 1160. The third-order valence-electron chi connectivity index (χ3n) is 12.6. The topological polar surface area (TPSA) is 95.9 Å². The van der Waals surface area contributed by atoms with Gasteiger partial charge in [0.25, 0.3) is 0 Å². The third kappa shape index (κ3) is 47.8. The quantitative estimate of drug-likeness (QED) is 0.0321. The predicted molar refractivity (Wildman–Crippen MR) is 282 cm³/mol. The van der Waals surface area contributed by atoms with E-state index in [1.807, 2.05) is 6.08 Å². The maximum Gasteiger partial charge on any atom is 0.306 e. The van der Waals surface area contributed by atoms with Crippen molar-refractivity contribution in [3.63, 3.8) is 0 Å². The number of carbonyl (C=O) groups is 2. The van der Waals surface area contributed by atoms with Gasteiger partial charge in [0.15, 0.2) is 0 Å². The average Bonchev–Trinajstić information content (AvgIpc) is 3.30. The molecule has 0 aromatic carbocycles. The molecule has 0 aromatic rings. The summed E-state index contributed by atoms with van der Waals surface area (Å²) in [6.45, 7) is 6.44. The summed E-state index contributed by atoms with van der Waals surface area (Å²) in [5.74, 6) is -0.590. The SMILES string of the molecule is CCCCC/C=C\C/C=C\C/C=C\C/C=C\CC(CC(=O)NC(CO)C(O)CCCCCCCCCCCCCCCCCCC)OC(=O)CCCCC/C=C\CCCCCCCCC. The summed E-state index contributed by atoms with van der Waals surface area (Å²) in [6, 6.07) is -0.735. The van der Waals surface area contributed by atoms with E-state index < -0.39 is 18.2 Å². The van der Waals surface area contributed by atoms with Crippen LogP contribution in [0.15, 0.2) is 60.8 Å². The van der Waals surface area contributed by atoms with Crippen LogP contribution in [0.5, 0.6) is 0 Å². The van der Waals surface area contributed by atoms with Gasteiger partial charge in [-0.05, 0) is 70.6 Å². The number of aliphatic hydroxyl groups is 2. The highest BCUT2D eigenvalue weighted by molar-refractivity contribution is 5.77. The molecule has 0 aliphatic rings. The fraction of sp³-hybridized carbons (Fsp3) is 0.797. The van der Waals surface area contributed by atoms with Gasteiger partial charge in [0, 0.05) is 12.8 Å². The van der Waals surface area contributed by atoms with Gasteiger partial charge < -0.3 is 20.3 Å². The minimum Gasteiger partial charge on any atom is -0.461 e. The second-order valence-electron chi connectivity index (χ2n) is 19.0. The summed E-state index contributed by atoms with van der Waals surface area (Å²) in [7, 11) is 0. The zero-order valence-corrected chi connectivity index (χ0v) is 43.1. The third-order valence-corrected chi connectivity index (χ3v) is 12.6. The minimum atomic E-state index is -0.815. The molecule has 0 aliphatic carbocycles. The van der Waals surface area contributed by atoms with E-state index in [4.69, 9.17) is 4.74 Å². The first-order valence-corrected chi connectivity index (χ1v) is 28.0. The molecule has 3 unspecified atom stereocenters. The number of rotatable bonds is 50. The van der Waals surface area contributed by atoms with Gasteiger partial charge in [-0.1, -0.05) is 248 Å². The van der Waals surface area contributed by atoms with Crippen molar-refractivity contribution in [2.24, 2.45) is 0 Å². The number of nitrogens with one attached hydrogen (secondary N) is 1. The van der Waals surface area contributed by atoms with E-state index in [9.17, 15) is 19.8 Å². The van der Waals surface area contributed by atoms with E-state index in [0.29, 0.717) is 19.3 Å². The van der Waals surface area contributed by atoms with Crippen molar-refractivity contribution in [2.75, 3.05) is 6.61 Å². The number of amides is 1. The molecule has 0 aliphatic heterocycles. The fourth-order valence-corrected chi connectivity index (χ4v) is 8.29. The van der Waals surface area contributed by atoms with Crippen LogP contribution in [-0.4, -0.2) is 46.9 Å². The number of carbonyl (C=O) groups excluding carboxylic acids is 2. The van der Waals surface area contributed by atoms with Crippen LogP contribution in [0.3, 0.4) is 0 Å². The highest BCUT2D eigenvalue weighted by Crippen LogP contribution is 2.17. The van der Waals surface area contributed by atoms with Crippen molar-refractivity contribution in [3.8, 4) is 0 Å². The largest absolute Gasteiger partial charge is 0.461 e. The number of hydrogen-bond acceptors (Lipinski definition) is 5. The lowest BCUT2D eigenvalue weighted by Gasteiger charge is -2.24. The van der Waals surface area contributed by atoms with Gasteiger partial charge in [-0.25, -0.2) is 0 Å². The molecule has 0 heterocycles. The standard InChI is InChI=1S/C59H107NO5/c1-4-7-10-13-16-19-22-25-28-29-31-33-36-39-42-45-48-51-57(62)56(54-61)60-58(63)53-55(50-47-44-41-38-35-32-30-26-23-20-17-14-11-8-5-2)65-59(64)52-49-46-43-40-37-34-27-24-21-18-15-12-9-6-3/h17,20,26,30,34-35,37-38,44,47,55-57,61-62H,4-16,18-19,21-25,27-29,31-33,36,39-43,45-46,48-54H2,1-3H3,(H,60,63)/b20-17-,30-26-,37-34-,38-35-,47-44-. The summed E-state index contributed by atoms with van der Waals surface area (Å²) >= 11 is 0. The molecule has 0 fully saturated rings. The highest BCUT2D eigenvalue weighted by Gasteiger charge is 2.23. The molecule has 0 bridgehead atoms. The second kappa shape index (κ2) is 52.5. The summed E-state index contributed by atoms with van der Waals surface area (Å²) in [5.41, 5.74) is 0. The Hall–Kier alpha value is -2.44. The average molecular weight is 911 g/mol. The molecule has 0 aromatic heterocycles. The number of unbranched alkanes of at least 4 members (excludes halogenated alkanes) is 29. The fourth-order valence-electron chi connectivity index (χ4n) is 8.29. The van der Waals surface area contributed by atoms with E-state index in [2.05, 4.69) is 80.8 Å². The van der Waals surface area contributed by atoms with Crippen molar-refractivity contribution in [1.29, 1.82) is 0 Å². The van der Waals surface area contributed by atoms with Crippen molar-refractivity contribution in [1.82, 2.24) is 5.32 Å². The molecule has 1 amide bonds. The van der Waals surface area contributed by atoms with Gasteiger partial charge in [0.1, 0.15) is 6.10 Å². The first kappa shape index (κ1) is 62.6. The van der Waals surface area contributed by atoms with Crippen molar-refractivity contribution in [2.45, 2.75) is 296 Å². The van der Waals surface area contributed by atoms with Gasteiger partial charge in [-0.15, -0.1) is 0 Å². The van der Waals surface area contributed by atoms with E-state index in [1.165, 1.54) is 161 Å². The van der Waals surface area contributed by atoms with Crippen LogP contribution >= 0.6 is 0 Å². The molecule has 0 saturated carbocycles. The molecular weight excluding hydrogens is 803 g/mol. The summed E-state index contributed by atoms with van der Waals surface area (Å²) < 4.78 is 5.87. The Kier molecular flexibility index (Phi) is 50.6. The molecule has 3 atom stereocenters. The lowest BCUT2D eigenvalue weighted by molar-refractivity contribution is -0.150. The monoisotopic (exact) mass is 910 g/mol. The normalized spacial score (nSPS) is 13.6. The zero-order valence-electron chi connectivity index (χ0n) is 43.1. The van der Waals surface area contributed by atoms with Gasteiger partial charge in [-0.3, -0.25) is 9.59 Å². The highest BCUT2D eigenvalue weighted by atomic mass is 16.5. The number of hydrogen-bond donors (Lipinski definition) is 3. The molecular formula is C59H107NO5. The zero-order chi connectivity index (χ0) is 47.4. The molecule has 65 heavy (non-hydrogen) atoms. The Morgan fingerprint density at radius 2 is 0.815 bits per heavy atom. The molecule has 0 radical (unpaired) electrons. The maximum absolute atomic E-state index is 13.2. The summed E-state index contributed by atoms with van der Waals surface area (Å²) in [6.07, 6.45) is 65.9. The number of esters is 1. The molecule has 3 N–H and O–H groups in total. The van der Waals surface area contributed by atoms with Crippen LogP contribution in [-0.2, 0) is 14.3 Å². The van der Waals surface area contributed by atoms with Crippen molar-refractivity contribution < 1.29 is 24.5 Å². The summed E-state index contributed by atoms with van der Waals surface area (Å²) in [5, 5.41) is 23.8. The second-order valence-corrected chi connectivity index (χ2v) is 19.0. The Labute approximate surface area is 403 Å². The first-order chi connectivity index (χ1) is 32.0. The van der Waals surface area contributed by atoms with Crippen LogP contribution in [0.4, 0.5) is 0 Å². The number of aliphatic hydroxyl groups excluding tert-OH is 2. The van der Waals surface area contributed by atoms with Gasteiger partial charge in [0.05, 0.1) is 25.2 Å².